The minimum Gasteiger partial charge on any atom is -0.335 e. The van der Waals surface area contributed by atoms with Gasteiger partial charge >= 0.3 is 12.2 Å². The Balaban J connectivity index is 1.91. The maximum atomic E-state index is 14.8. The Morgan fingerprint density at radius 3 is 1.97 bits per heavy atom. The molecule has 1 aliphatic rings. The molecule has 2 amide bonds. The molecule has 1 saturated carbocycles. The van der Waals surface area contributed by atoms with Crippen molar-refractivity contribution in [3.8, 4) is 0 Å². The first kappa shape index (κ1) is 27.7. The summed E-state index contributed by atoms with van der Waals surface area (Å²) in [6.07, 6.45) is -0.922. The molecule has 1 atom stereocenters. The largest absolute Gasteiger partial charge is 0.416 e. The van der Waals surface area contributed by atoms with E-state index in [2.05, 4.69) is 31.4 Å². The lowest BCUT2D eigenvalue weighted by molar-refractivity contribution is -0.137. The number of halogens is 4. The fourth-order valence-electron chi connectivity index (χ4n) is 5.20. The van der Waals surface area contributed by atoms with Gasteiger partial charge in [-0.1, -0.05) is 88.2 Å². The molecular formula is C31H34F4N2O. The maximum Gasteiger partial charge on any atom is 0.416 e. The van der Waals surface area contributed by atoms with Crippen molar-refractivity contribution < 1.29 is 22.4 Å². The molecule has 0 heterocycles. The first-order valence-electron chi connectivity index (χ1n) is 13.0. The van der Waals surface area contributed by atoms with E-state index in [9.17, 15) is 22.4 Å². The highest BCUT2D eigenvalue weighted by Gasteiger charge is 2.40. The van der Waals surface area contributed by atoms with E-state index in [1.165, 1.54) is 0 Å². The Bertz CT molecular complexity index is 1240. The quantitative estimate of drug-likeness (QED) is 0.315. The third kappa shape index (κ3) is 6.37. The average molecular weight is 527 g/mol. The number of benzene rings is 3. The normalized spacial score (nSPS) is 16.2. The molecule has 0 radical (unpaired) electrons. The molecule has 3 aromatic carbocycles. The number of rotatable bonds is 6. The third-order valence-corrected chi connectivity index (χ3v) is 7.29. The summed E-state index contributed by atoms with van der Waals surface area (Å²) in [5, 5.41) is 6.01. The predicted molar refractivity (Wildman–Crippen MR) is 141 cm³/mol. The van der Waals surface area contributed by atoms with Gasteiger partial charge in [-0.05, 0) is 58.7 Å². The fraction of sp³-hybridized carbons (Fsp3) is 0.387. The van der Waals surface area contributed by atoms with E-state index in [4.69, 9.17) is 0 Å². The van der Waals surface area contributed by atoms with Gasteiger partial charge in [0.15, 0.2) is 0 Å². The highest BCUT2D eigenvalue weighted by Crippen LogP contribution is 2.39. The van der Waals surface area contributed by atoms with Crippen LogP contribution in [0, 0.1) is 5.82 Å². The minimum atomic E-state index is -4.75. The van der Waals surface area contributed by atoms with Crippen LogP contribution in [0.15, 0.2) is 72.8 Å². The lowest BCUT2D eigenvalue weighted by Crippen LogP contribution is -2.53. The van der Waals surface area contributed by atoms with E-state index in [-0.39, 0.29) is 23.4 Å². The number of hydrogen-bond donors (Lipinski definition) is 2. The number of amides is 2. The molecule has 202 valence electrons. The van der Waals surface area contributed by atoms with Gasteiger partial charge in [0.2, 0.25) is 0 Å². The Labute approximate surface area is 221 Å². The maximum absolute atomic E-state index is 14.8. The van der Waals surface area contributed by atoms with Crippen molar-refractivity contribution >= 4 is 6.03 Å². The standard InChI is InChI=1S/C31H34F4N2O/c1-29(2,3)22-13-15-23(16-14-22)30(20-21-9-5-4-6-10-21,37-28(38)36-27-11-7-8-12-27)24-17-25(31(33,34)35)19-26(32)18-24/h4-6,9-10,13-19,27H,7-8,11-12,20H2,1-3H3,(H2,36,37,38). The second-order valence-corrected chi connectivity index (χ2v) is 11.2. The van der Waals surface area contributed by atoms with Crippen molar-refractivity contribution in [1.29, 1.82) is 0 Å². The number of hydrogen-bond acceptors (Lipinski definition) is 1. The molecule has 38 heavy (non-hydrogen) atoms. The SMILES string of the molecule is CC(C)(C)c1ccc(C(Cc2ccccc2)(NC(=O)NC2CCCC2)c2cc(F)cc(C(F)(F)F)c2)cc1. The Hall–Kier alpha value is -3.35. The van der Waals surface area contributed by atoms with E-state index in [0.717, 1.165) is 48.9 Å². The van der Waals surface area contributed by atoms with Gasteiger partial charge in [0.05, 0.1) is 11.1 Å². The van der Waals surface area contributed by atoms with Gasteiger partial charge in [-0.3, -0.25) is 0 Å². The molecular weight excluding hydrogens is 492 g/mol. The molecule has 1 unspecified atom stereocenters. The van der Waals surface area contributed by atoms with Crippen LogP contribution in [-0.2, 0) is 23.6 Å². The van der Waals surface area contributed by atoms with Crippen molar-refractivity contribution in [1.82, 2.24) is 10.6 Å². The monoisotopic (exact) mass is 526 g/mol. The van der Waals surface area contributed by atoms with E-state index in [0.29, 0.717) is 11.6 Å². The van der Waals surface area contributed by atoms with Crippen LogP contribution in [0.25, 0.3) is 0 Å². The molecule has 0 saturated heterocycles. The van der Waals surface area contributed by atoms with Crippen molar-refractivity contribution in [2.45, 2.75) is 76.0 Å². The highest BCUT2D eigenvalue weighted by molar-refractivity contribution is 5.76. The zero-order valence-electron chi connectivity index (χ0n) is 22.0. The summed E-state index contributed by atoms with van der Waals surface area (Å²) < 4.78 is 56.2. The van der Waals surface area contributed by atoms with Crippen molar-refractivity contribution in [2.75, 3.05) is 0 Å². The summed E-state index contributed by atoms with van der Waals surface area (Å²) in [5.41, 5.74) is -0.326. The molecule has 2 N–H and O–H groups in total. The van der Waals surface area contributed by atoms with Crippen LogP contribution >= 0.6 is 0 Å². The van der Waals surface area contributed by atoms with Gasteiger partial charge in [-0.25, -0.2) is 9.18 Å². The predicted octanol–water partition coefficient (Wildman–Crippen LogP) is 7.87. The van der Waals surface area contributed by atoms with Gasteiger partial charge in [-0.2, -0.15) is 13.2 Å². The Morgan fingerprint density at radius 1 is 0.816 bits per heavy atom. The zero-order valence-corrected chi connectivity index (χ0v) is 22.0. The van der Waals surface area contributed by atoms with Crippen molar-refractivity contribution in [3.05, 3.63) is 106 Å². The van der Waals surface area contributed by atoms with Crippen LogP contribution < -0.4 is 10.6 Å². The summed E-state index contributed by atoms with van der Waals surface area (Å²) in [4.78, 5) is 13.4. The molecule has 1 fully saturated rings. The number of carbonyl (C=O) groups is 1. The van der Waals surface area contributed by atoms with Crippen LogP contribution in [-0.4, -0.2) is 12.1 Å². The second kappa shape index (κ2) is 10.8. The first-order valence-corrected chi connectivity index (χ1v) is 13.0. The minimum absolute atomic E-state index is 0.00839. The molecule has 3 aromatic rings. The number of nitrogens with one attached hydrogen (secondary N) is 2. The molecule has 0 spiro atoms. The number of alkyl halides is 3. The van der Waals surface area contributed by atoms with E-state index in [1.54, 1.807) is 0 Å². The van der Waals surface area contributed by atoms with Crippen LogP contribution in [0.2, 0.25) is 0 Å². The summed E-state index contributed by atoms with van der Waals surface area (Å²) in [5.74, 6) is -1.02. The molecule has 3 nitrogen and oxygen atoms in total. The number of urea groups is 1. The van der Waals surface area contributed by atoms with Crippen molar-refractivity contribution in [3.63, 3.8) is 0 Å². The van der Waals surface area contributed by atoms with E-state index in [1.807, 2.05) is 54.6 Å². The lowest BCUT2D eigenvalue weighted by atomic mass is 9.76. The van der Waals surface area contributed by atoms with Crippen LogP contribution in [0.1, 0.15) is 74.3 Å². The molecule has 1 aliphatic carbocycles. The van der Waals surface area contributed by atoms with Crippen LogP contribution in [0.5, 0.6) is 0 Å². The zero-order chi connectivity index (χ0) is 27.6. The van der Waals surface area contributed by atoms with Gasteiger partial charge in [-0.15, -0.1) is 0 Å². The van der Waals surface area contributed by atoms with Gasteiger partial charge in [0.1, 0.15) is 5.82 Å². The van der Waals surface area contributed by atoms with Gasteiger partial charge < -0.3 is 10.6 Å². The molecule has 4 rings (SSSR count). The Morgan fingerprint density at radius 2 is 1.39 bits per heavy atom. The van der Waals surface area contributed by atoms with Gasteiger partial charge in [0.25, 0.3) is 0 Å². The molecule has 0 bridgehead atoms. The summed E-state index contributed by atoms with van der Waals surface area (Å²) >= 11 is 0. The average Bonchev–Trinajstić information content (AvgIpc) is 3.36. The summed E-state index contributed by atoms with van der Waals surface area (Å²) in [6, 6.07) is 18.7. The van der Waals surface area contributed by atoms with E-state index >= 15 is 0 Å². The summed E-state index contributed by atoms with van der Waals surface area (Å²) in [7, 11) is 0. The molecule has 0 aliphatic heterocycles. The number of carbonyl (C=O) groups excluding carboxylic acids is 1. The second-order valence-electron chi connectivity index (χ2n) is 11.2. The third-order valence-electron chi connectivity index (χ3n) is 7.29. The van der Waals surface area contributed by atoms with Gasteiger partial charge in [0, 0.05) is 12.5 Å². The van der Waals surface area contributed by atoms with Crippen molar-refractivity contribution in [2.24, 2.45) is 0 Å². The fourth-order valence-corrected chi connectivity index (χ4v) is 5.20. The first-order chi connectivity index (χ1) is 17.9. The van der Waals surface area contributed by atoms with Crippen LogP contribution in [0.4, 0.5) is 22.4 Å². The molecule has 7 heteroatoms. The van der Waals surface area contributed by atoms with E-state index < -0.39 is 29.1 Å². The highest BCUT2D eigenvalue weighted by atomic mass is 19.4. The summed E-state index contributed by atoms with van der Waals surface area (Å²) in [6.45, 7) is 6.19. The van der Waals surface area contributed by atoms with Crippen LogP contribution in [0.3, 0.4) is 0 Å². The smallest absolute Gasteiger partial charge is 0.335 e. The Kier molecular flexibility index (Phi) is 7.86. The molecule has 0 aromatic heterocycles. The lowest BCUT2D eigenvalue weighted by Gasteiger charge is -2.37. The topological polar surface area (TPSA) is 41.1 Å².